The van der Waals surface area contributed by atoms with Crippen molar-refractivity contribution in [1.82, 2.24) is 23.3 Å². The number of H-pyrrole nitrogens is 1. The molecule has 1 N–H and O–H groups in total. The lowest BCUT2D eigenvalue weighted by Crippen LogP contribution is -2.39. The lowest BCUT2D eigenvalue weighted by Gasteiger charge is -2.22. The summed E-state index contributed by atoms with van der Waals surface area (Å²) in [6.45, 7) is 7.06. The van der Waals surface area contributed by atoms with Gasteiger partial charge in [-0.15, -0.1) is 0 Å². The molecule has 0 radical (unpaired) electrons. The van der Waals surface area contributed by atoms with Gasteiger partial charge in [0.15, 0.2) is 0 Å². The van der Waals surface area contributed by atoms with Crippen LogP contribution in [0.15, 0.2) is 69.1 Å². The molecule has 1 aliphatic heterocycles. The minimum atomic E-state index is -3.69. The van der Waals surface area contributed by atoms with Crippen LogP contribution >= 0.6 is 0 Å². The molecule has 0 bridgehead atoms. The quantitative estimate of drug-likeness (QED) is 0.379. The molecule has 0 spiro atoms. The number of hydrogen-bond acceptors (Lipinski definition) is 5. The smallest absolute Gasteiger partial charge is 0.331 e. The van der Waals surface area contributed by atoms with Crippen molar-refractivity contribution < 1.29 is 12.8 Å². The van der Waals surface area contributed by atoms with Gasteiger partial charge >= 0.3 is 5.69 Å². The molecule has 1 fully saturated rings. The van der Waals surface area contributed by atoms with Crippen LogP contribution in [0.4, 0.5) is 4.39 Å². The Hall–Kier alpha value is -3.54. The molecule has 0 amide bonds. The van der Waals surface area contributed by atoms with Crippen molar-refractivity contribution in [2.75, 3.05) is 26.2 Å². The first-order valence-corrected chi connectivity index (χ1v) is 14.6. The fraction of sp³-hybridized carbons (Fsp3) is 0.357. The van der Waals surface area contributed by atoms with E-state index in [4.69, 9.17) is 0 Å². The summed E-state index contributed by atoms with van der Waals surface area (Å²) in [4.78, 5) is 31.0. The van der Waals surface area contributed by atoms with Crippen molar-refractivity contribution >= 4 is 21.1 Å². The Morgan fingerprint density at radius 2 is 1.56 bits per heavy atom. The number of nitrogens with zero attached hydrogens (tertiary/aromatic N) is 4. The average Bonchev–Trinajstić information content (AvgIpc) is 3.23. The SMILES string of the molecule is CCn1c(=O)c2[nH]c(-c3ccc(S(=O)(=O)N4CCCN(Cc5ccc(F)cc5)CC4)cc3)cc2n(CC)c1=O. The molecule has 5 rings (SSSR count). The Balaban J connectivity index is 1.35. The second-order valence-corrected chi connectivity index (χ2v) is 11.6. The summed E-state index contributed by atoms with van der Waals surface area (Å²) in [6.07, 6.45) is 0.696. The van der Waals surface area contributed by atoms with Crippen molar-refractivity contribution in [2.45, 2.75) is 44.8 Å². The van der Waals surface area contributed by atoms with Crippen LogP contribution in [-0.2, 0) is 29.7 Å². The minimum Gasteiger partial charge on any atom is -0.349 e. The fourth-order valence-electron chi connectivity index (χ4n) is 5.18. The molecule has 2 aromatic heterocycles. The topological polar surface area (TPSA) is 100 Å². The lowest BCUT2D eigenvalue weighted by atomic mass is 10.1. The molecule has 0 atom stereocenters. The van der Waals surface area contributed by atoms with E-state index in [0.717, 1.165) is 12.1 Å². The molecule has 2 aromatic carbocycles. The molecule has 0 saturated carbocycles. The molecule has 1 aliphatic rings. The van der Waals surface area contributed by atoms with Crippen LogP contribution in [0.5, 0.6) is 0 Å². The number of fused-ring (bicyclic) bond motifs is 1. The second-order valence-electron chi connectivity index (χ2n) is 9.70. The normalized spacial score (nSPS) is 15.6. The third-order valence-corrected chi connectivity index (χ3v) is 9.22. The maximum atomic E-state index is 13.4. The van der Waals surface area contributed by atoms with Gasteiger partial charge in [-0.2, -0.15) is 4.31 Å². The van der Waals surface area contributed by atoms with Gasteiger partial charge in [-0.1, -0.05) is 24.3 Å². The van der Waals surface area contributed by atoms with Crippen LogP contribution in [0.25, 0.3) is 22.3 Å². The van der Waals surface area contributed by atoms with E-state index in [2.05, 4.69) is 9.88 Å². The van der Waals surface area contributed by atoms with Gasteiger partial charge in [-0.05, 0) is 68.3 Å². The van der Waals surface area contributed by atoms with E-state index in [1.807, 2.05) is 6.92 Å². The number of aryl methyl sites for hydroxylation is 1. The summed E-state index contributed by atoms with van der Waals surface area (Å²) in [7, 11) is -3.69. The minimum absolute atomic E-state index is 0.202. The van der Waals surface area contributed by atoms with Gasteiger partial charge in [0.1, 0.15) is 11.3 Å². The second kappa shape index (κ2) is 10.9. The lowest BCUT2D eigenvalue weighted by molar-refractivity contribution is 0.278. The Morgan fingerprint density at radius 1 is 0.872 bits per heavy atom. The van der Waals surface area contributed by atoms with Crippen molar-refractivity contribution in [3.8, 4) is 11.3 Å². The highest BCUT2D eigenvalue weighted by molar-refractivity contribution is 7.89. The van der Waals surface area contributed by atoms with E-state index in [9.17, 15) is 22.4 Å². The summed E-state index contributed by atoms with van der Waals surface area (Å²) < 4.78 is 44.4. The Kier molecular flexibility index (Phi) is 7.57. The number of aromatic nitrogens is 3. The first-order valence-electron chi connectivity index (χ1n) is 13.2. The molecule has 39 heavy (non-hydrogen) atoms. The third-order valence-electron chi connectivity index (χ3n) is 7.31. The number of aromatic amines is 1. The van der Waals surface area contributed by atoms with E-state index in [0.29, 0.717) is 61.4 Å². The summed E-state index contributed by atoms with van der Waals surface area (Å²) >= 11 is 0. The van der Waals surface area contributed by atoms with Crippen LogP contribution in [0.3, 0.4) is 0 Å². The van der Waals surface area contributed by atoms with Crippen LogP contribution < -0.4 is 11.2 Å². The van der Waals surface area contributed by atoms with Gasteiger partial charge in [0.25, 0.3) is 5.56 Å². The largest absolute Gasteiger partial charge is 0.349 e. The van der Waals surface area contributed by atoms with E-state index >= 15 is 0 Å². The maximum Gasteiger partial charge on any atom is 0.331 e. The van der Waals surface area contributed by atoms with Crippen molar-refractivity contribution in [1.29, 1.82) is 0 Å². The summed E-state index contributed by atoms with van der Waals surface area (Å²) in [5.74, 6) is -0.275. The molecule has 4 aromatic rings. The zero-order valence-electron chi connectivity index (χ0n) is 22.1. The number of nitrogens with one attached hydrogen (secondary N) is 1. The molecular weight excluding hydrogens is 521 g/mol. The zero-order valence-corrected chi connectivity index (χ0v) is 22.9. The van der Waals surface area contributed by atoms with Crippen molar-refractivity contribution in [3.05, 3.63) is 86.8 Å². The standard InChI is InChI=1S/C28H32FN5O4S/c1-3-33-25-18-24(30-26(25)27(35)34(4-2)28(33)36)21-8-12-23(13-9-21)39(37,38)32-15-5-14-31(16-17-32)19-20-6-10-22(29)11-7-20/h6-13,18,30H,3-5,14-17,19H2,1-2H3. The zero-order chi connectivity index (χ0) is 27.7. The summed E-state index contributed by atoms with van der Waals surface area (Å²) in [5.41, 5.74) is 2.49. The first kappa shape index (κ1) is 27.0. The molecule has 206 valence electrons. The highest BCUT2D eigenvalue weighted by Gasteiger charge is 2.27. The highest BCUT2D eigenvalue weighted by Crippen LogP contribution is 2.25. The third kappa shape index (κ3) is 5.21. The molecule has 1 saturated heterocycles. The molecule has 0 aliphatic carbocycles. The van der Waals surface area contributed by atoms with E-state index < -0.39 is 10.0 Å². The molecule has 9 nitrogen and oxygen atoms in total. The van der Waals surface area contributed by atoms with Gasteiger partial charge in [0.2, 0.25) is 10.0 Å². The van der Waals surface area contributed by atoms with E-state index in [1.54, 1.807) is 54.0 Å². The van der Waals surface area contributed by atoms with Gasteiger partial charge in [-0.3, -0.25) is 18.8 Å². The Bertz CT molecular complexity index is 1710. The molecular formula is C28H32FN5O4S. The monoisotopic (exact) mass is 553 g/mol. The average molecular weight is 554 g/mol. The van der Waals surface area contributed by atoms with Gasteiger partial charge in [-0.25, -0.2) is 17.6 Å². The molecule has 3 heterocycles. The highest BCUT2D eigenvalue weighted by atomic mass is 32.2. The van der Waals surface area contributed by atoms with Gasteiger partial charge in [0, 0.05) is 45.0 Å². The molecule has 0 unspecified atom stereocenters. The van der Waals surface area contributed by atoms with Gasteiger partial charge in [0.05, 0.1) is 10.4 Å². The maximum absolute atomic E-state index is 13.4. The van der Waals surface area contributed by atoms with Crippen LogP contribution in [-0.4, -0.2) is 57.9 Å². The van der Waals surface area contributed by atoms with Crippen LogP contribution in [0, 0.1) is 5.82 Å². The number of rotatable bonds is 7. The Labute approximate surface area is 226 Å². The number of hydrogen-bond donors (Lipinski definition) is 1. The number of halogens is 1. The first-order chi connectivity index (χ1) is 18.7. The Morgan fingerprint density at radius 3 is 2.23 bits per heavy atom. The van der Waals surface area contributed by atoms with E-state index in [1.165, 1.54) is 21.0 Å². The van der Waals surface area contributed by atoms with Crippen LogP contribution in [0.2, 0.25) is 0 Å². The summed E-state index contributed by atoms with van der Waals surface area (Å²) in [5, 5.41) is 0. The predicted octanol–water partition coefficient (Wildman–Crippen LogP) is 3.23. The van der Waals surface area contributed by atoms with Crippen molar-refractivity contribution in [2.24, 2.45) is 0 Å². The van der Waals surface area contributed by atoms with Crippen molar-refractivity contribution in [3.63, 3.8) is 0 Å². The fourth-order valence-corrected chi connectivity index (χ4v) is 6.65. The number of sulfonamides is 1. The van der Waals surface area contributed by atoms with Crippen LogP contribution in [0.1, 0.15) is 25.8 Å². The van der Waals surface area contributed by atoms with Gasteiger partial charge < -0.3 is 4.98 Å². The number of benzene rings is 2. The summed E-state index contributed by atoms with van der Waals surface area (Å²) in [6, 6.07) is 14.7. The predicted molar refractivity (Wildman–Crippen MR) is 149 cm³/mol. The molecule has 11 heteroatoms. The van der Waals surface area contributed by atoms with E-state index in [-0.39, 0.29) is 28.5 Å².